The third-order valence-corrected chi connectivity index (χ3v) is 1.19. The molecule has 0 bridgehead atoms. The van der Waals surface area contributed by atoms with E-state index in [-0.39, 0.29) is 6.61 Å². The molecule has 0 radical (unpaired) electrons. The lowest BCUT2D eigenvalue weighted by Crippen LogP contribution is -2.44. The molecule has 7 heteroatoms. The Morgan fingerprint density at radius 1 is 1.53 bits per heavy atom. The minimum Gasteiger partial charge on any atom is -0.480 e. The minimum atomic E-state index is -4.84. The second kappa shape index (κ2) is 8.25. The second-order valence-electron chi connectivity index (χ2n) is 2.51. The minimum absolute atomic E-state index is 0.284. The molecule has 0 unspecified atom stereocenters. The number of alkyl halides is 3. The van der Waals surface area contributed by atoms with Gasteiger partial charge in [-0.3, -0.25) is 4.79 Å². The monoisotopic (exact) mass is 229 g/mol. The third-order valence-electron chi connectivity index (χ3n) is 1.19. The number of rotatable bonds is 4. The summed E-state index contributed by atoms with van der Waals surface area (Å²) < 4.78 is 33.6. The van der Waals surface area contributed by atoms with Crippen LogP contribution in [0.4, 0.5) is 13.2 Å². The highest BCUT2D eigenvalue weighted by Crippen LogP contribution is 2.17. The number of allylic oxidation sites excluding steroid dienone is 1. The van der Waals surface area contributed by atoms with Crippen molar-refractivity contribution in [2.45, 2.75) is 25.1 Å². The van der Waals surface area contributed by atoms with Gasteiger partial charge in [-0.15, -0.1) is 6.58 Å². The molecule has 0 rings (SSSR count). The first-order valence-corrected chi connectivity index (χ1v) is 4.04. The number of carboxylic acid groups (broad SMARTS) is 1. The lowest BCUT2D eigenvalue weighted by atomic mass is 10.3. The van der Waals surface area contributed by atoms with Gasteiger partial charge in [0.25, 0.3) is 0 Å². The number of unbranched alkanes of at least 4 members (excludes halogenated alkanes) is 1. The fraction of sp³-hybridized carbons (Fsp3) is 0.625. The highest BCUT2D eigenvalue weighted by atomic mass is 19.4. The van der Waals surface area contributed by atoms with Crippen molar-refractivity contribution in [2.75, 3.05) is 6.61 Å². The molecule has 0 aliphatic carbocycles. The molecule has 0 aromatic heterocycles. The zero-order valence-electron chi connectivity index (χ0n) is 8.00. The molecule has 1 atom stereocenters. The first-order chi connectivity index (χ1) is 6.77. The van der Waals surface area contributed by atoms with Crippen molar-refractivity contribution in [3.8, 4) is 0 Å². The molecule has 4 nitrogen and oxygen atoms in total. The third kappa shape index (κ3) is 10.8. The molecule has 0 heterocycles. The van der Waals surface area contributed by atoms with Crippen LogP contribution in [-0.2, 0) is 4.79 Å². The summed E-state index contributed by atoms with van der Waals surface area (Å²) in [6, 6.07) is -2.77. The molecule has 4 N–H and O–H groups in total. The number of aliphatic carboxylic acids is 1. The Morgan fingerprint density at radius 2 is 2.00 bits per heavy atom. The summed E-state index contributed by atoms with van der Waals surface area (Å²) in [6.45, 7) is 3.77. The van der Waals surface area contributed by atoms with E-state index in [0.717, 1.165) is 12.8 Å². The summed E-state index contributed by atoms with van der Waals surface area (Å²) in [4.78, 5) is 9.50. The van der Waals surface area contributed by atoms with Crippen LogP contribution in [0.3, 0.4) is 0 Å². The molecule has 90 valence electrons. The molecule has 0 aliphatic heterocycles. The van der Waals surface area contributed by atoms with E-state index in [9.17, 15) is 18.0 Å². The van der Waals surface area contributed by atoms with Crippen LogP contribution in [0.2, 0.25) is 0 Å². The molecule has 0 saturated heterocycles. The second-order valence-corrected chi connectivity index (χ2v) is 2.51. The van der Waals surface area contributed by atoms with Gasteiger partial charge in [0.1, 0.15) is 0 Å². The van der Waals surface area contributed by atoms with Gasteiger partial charge in [0.05, 0.1) is 0 Å². The predicted molar refractivity (Wildman–Crippen MR) is 48.2 cm³/mol. The lowest BCUT2D eigenvalue weighted by Gasteiger charge is -2.09. The summed E-state index contributed by atoms with van der Waals surface area (Å²) >= 11 is 0. The molecule has 0 amide bonds. The van der Waals surface area contributed by atoms with Gasteiger partial charge in [0.2, 0.25) is 0 Å². The van der Waals surface area contributed by atoms with Crippen molar-refractivity contribution in [2.24, 2.45) is 5.73 Å². The standard InChI is InChI=1S/C5H10O.C3H4F3NO2/c1-2-3-4-5-6;4-3(5,6)1(7)2(8)9/h2,6H,1,3-5H2;1H,7H2,(H,8,9)/t;1-/m.1/s1. The molecule has 0 saturated carbocycles. The van der Waals surface area contributed by atoms with E-state index in [0.29, 0.717) is 0 Å². The highest BCUT2D eigenvalue weighted by molar-refractivity contribution is 5.74. The van der Waals surface area contributed by atoms with E-state index < -0.39 is 18.2 Å². The Labute approximate surface area is 85.2 Å². The molecular formula is C8H14F3NO3. The molecule has 0 spiro atoms. The van der Waals surface area contributed by atoms with Crippen LogP contribution in [0.5, 0.6) is 0 Å². The number of aliphatic hydroxyl groups excluding tert-OH is 1. The molecule has 15 heavy (non-hydrogen) atoms. The zero-order valence-corrected chi connectivity index (χ0v) is 8.00. The summed E-state index contributed by atoms with van der Waals surface area (Å²) in [6.07, 6.45) is -1.26. The van der Waals surface area contributed by atoms with Crippen LogP contribution in [0.25, 0.3) is 0 Å². The molecule has 0 aromatic rings. The zero-order chi connectivity index (χ0) is 12.5. The van der Waals surface area contributed by atoms with E-state index in [1.807, 2.05) is 0 Å². The molecular weight excluding hydrogens is 215 g/mol. The summed E-state index contributed by atoms with van der Waals surface area (Å²) in [5.74, 6) is -2.07. The van der Waals surface area contributed by atoms with E-state index in [1.54, 1.807) is 6.08 Å². The number of carboxylic acids is 1. The number of carbonyl (C=O) groups is 1. The Bertz CT molecular complexity index is 194. The van der Waals surface area contributed by atoms with E-state index in [2.05, 4.69) is 12.3 Å². The van der Waals surface area contributed by atoms with Crippen LogP contribution in [0, 0.1) is 0 Å². The average Bonchev–Trinajstić information content (AvgIpc) is 2.13. The van der Waals surface area contributed by atoms with Gasteiger partial charge in [-0.1, -0.05) is 6.08 Å². The van der Waals surface area contributed by atoms with Crippen molar-refractivity contribution >= 4 is 5.97 Å². The number of aliphatic hydroxyl groups is 1. The quantitative estimate of drug-likeness (QED) is 0.494. The van der Waals surface area contributed by atoms with Crippen LogP contribution in [0.1, 0.15) is 12.8 Å². The van der Waals surface area contributed by atoms with Crippen LogP contribution >= 0.6 is 0 Å². The highest BCUT2D eigenvalue weighted by Gasteiger charge is 2.41. The Morgan fingerprint density at radius 3 is 2.07 bits per heavy atom. The van der Waals surface area contributed by atoms with Crippen LogP contribution in [0.15, 0.2) is 12.7 Å². The summed E-state index contributed by atoms with van der Waals surface area (Å²) in [5.41, 5.74) is 4.17. The topological polar surface area (TPSA) is 83.5 Å². The van der Waals surface area contributed by atoms with E-state index in [1.165, 1.54) is 0 Å². The fourth-order valence-electron chi connectivity index (χ4n) is 0.376. The smallest absolute Gasteiger partial charge is 0.414 e. The number of halogens is 3. The largest absolute Gasteiger partial charge is 0.480 e. The van der Waals surface area contributed by atoms with Gasteiger partial charge in [0.15, 0.2) is 6.04 Å². The van der Waals surface area contributed by atoms with Gasteiger partial charge in [-0.25, -0.2) is 0 Å². The van der Waals surface area contributed by atoms with E-state index >= 15 is 0 Å². The maximum absolute atomic E-state index is 11.2. The van der Waals surface area contributed by atoms with Gasteiger partial charge >= 0.3 is 12.1 Å². The Balaban J connectivity index is 0. The molecule has 0 fully saturated rings. The van der Waals surface area contributed by atoms with Gasteiger partial charge in [0, 0.05) is 6.61 Å². The van der Waals surface area contributed by atoms with E-state index in [4.69, 9.17) is 10.2 Å². The Hall–Kier alpha value is -1.08. The molecule has 0 aliphatic rings. The SMILES string of the molecule is C=CCCCO.N[C@H](C(=O)O)C(F)(F)F. The first-order valence-electron chi connectivity index (χ1n) is 4.04. The van der Waals surface area contributed by atoms with Crippen LogP contribution in [-0.4, -0.2) is 35.0 Å². The van der Waals surface area contributed by atoms with Gasteiger partial charge in [-0.2, -0.15) is 13.2 Å². The maximum Gasteiger partial charge on any atom is 0.414 e. The Kier molecular flexibility index (Phi) is 8.99. The number of hydrogen-bond donors (Lipinski definition) is 3. The lowest BCUT2D eigenvalue weighted by molar-refractivity contribution is -0.174. The van der Waals surface area contributed by atoms with Gasteiger partial charge < -0.3 is 15.9 Å². The van der Waals surface area contributed by atoms with Crippen molar-refractivity contribution < 1.29 is 28.2 Å². The normalized spacial score (nSPS) is 12.3. The first kappa shape index (κ1) is 16.4. The number of hydrogen-bond acceptors (Lipinski definition) is 3. The van der Waals surface area contributed by atoms with Gasteiger partial charge in [-0.05, 0) is 12.8 Å². The summed E-state index contributed by atoms with van der Waals surface area (Å²) in [5, 5.41) is 15.8. The van der Waals surface area contributed by atoms with Crippen molar-refractivity contribution in [3.05, 3.63) is 12.7 Å². The van der Waals surface area contributed by atoms with Crippen molar-refractivity contribution in [1.82, 2.24) is 0 Å². The predicted octanol–water partition coefficient (Wildman–Crippen LogP) is 0.906. The average molecular weight is 229 g/mol. The van der Waals surface area contributed by atoms with Crippen LogP contribution < -0.4 is 5.73 Å². The number of nitrogens with two attached hydrogens (primary N) is 1. The summed E-state index contributed by atoms with van der Waals surface area (Å²) in [7, 11) is 0. The molecule has 0 aromatic carbocycles. The fourth-order valence-corrected chi connectivity index (χ4v) is 0.376. The maximum atomic E-state index is 11.2. The van der Waals surface area contributed by atoms with Crippen molar-refractivity contribution in [3.63, 3.8) is 0 Å². The van der Waals surface area contributed by atoms with Crippen molar-refractivity contribution in [1.29, 1.82) is 0 Å².